The average molecular weight is 391 g/mol. The Hall–Kier alpha value is -3.40. The number of amides is 2. The van der Waals surface area contributed by atoms with Crippen LogP contribution >= 0.6 is 0 Å². The van der Waals surface area contributed by atoms with E-state index in [-0.39, 0.29) is 23.8 Å². The van der Waals surface area contributed by atoms with Crippen molar-refractivity contribution in [1.29, 1.82) is 5.26 Å². The van der Waals surface area contributed by atoms with E-state index >= 15 is 0 Å². The summed E-state index contributed by atoms with van der Waals surface area (Å²) in [4.78, 5) is 30.6. The summed E-state index contributed by atoms with van der Waals surface area (Å²) in [6, 6.07) is 11.4. The molecular formula is C22H25N5O2. The SMILES string of the molecule is Cc1ccc(CNc2cnccc2C(=O)NCC(=O)N2CC(C)(C)C2C#N)cc1. The summed E-state index contributed by atoms with van der Waals surface area (Å²) in [5.74, 6) is -0.618. The molecule has 0 aliphatic carbocycles. The van der Waals surface area contributed by atoms with E-state index in [9.17, 15) is 14.9 Å². The number of carbonyl (C=O) groups is 2. The van der Waals surface area contributed by atoms with Crippen LogP contribution < -0.4 is 10.6 Å². The van der Waals surface area contributed by atoms with Crippen molar-refractivity contribution in [3.05, 3.63) is 59.4 Å². The second-order valence-corrected chi connectivity index (χ2v) is 7.98. The average Bonchev–Trinajstić information content (AvgIpc) is 2.70. The van der Waals surface area contributed by atoms with E-state index in [0.29, 0.717) is 24.3 Å². The van der Waals surface area contributed by atoms with Crippen LogP contribution in [0.15, 0.2) is 42.7 Å². The molecule has 1 saturated heterocycles. The number of nitrogens with zero attached hydrogens (tertiary/aromatic N) is 3. The van der Waals surface area contributed by atoms with Crippen LogP contribution in [0.3, 0.4) is 0 Å². The van der Waals surface area contributed by atoms with Crippen molar-refractivity contribution in [3.63, 3.8) is 0 Å². The number of benzene rings is 1. The molecule has 2 aromatic rings. The predicted molar refractivity (Wildman–Crippen MR) is 110 cm³/mol. The maximum Gasteiger partial charge on any atom is 0.253 e. The Bertz CT molecular complexity index is 946. The van der Waals surface area contributed by atoms with Crippen LogP contribution in [0.5, 0.6) is 0 Å². The zero-order valence-corrected chi connectivity index (χ0v) is 16.9. The van der Waals surface area contributed by atoms with Crippen molar-refractivity contribution < 1.29 is 9.59 Å². The predicted octanol–water partition coefficient (Wildman–Crippen LogP) is 2.49. The lowest BCUT2D eigenvalue weighted by atomic mass is 9.75. The summed E-state index contributed by atoms with van der Waals surface area (Å²) >= 11 is 0. The van der Waals surface area contributed by atoms with Gasteiger partial charge in [0.15, 0.2) is 0 Å². The molecule has 0 radical (unpaired) electrons. The third kappa shape index (κ3) is 4.54. The van der Waals surface area contributed by atoms with Crippen LogP contribution in [0.25, 0.3) is 0 Å². The molecule has 150 valence electrons. The largest absolute Gasteiger partial charge is 0.379 e. The lowest BCUT2D eigenvalue weighted by Gasteiger charge is -2.50. The summed E-state index contributed by atoms with van der Waals surface area (Å²) in [5.41, 5.74) is 3.07. The molecule has 2 N–H and O–H groups in total. The molecule has 1 aromatic heterocycles. The Balaban J connectivity index is 1.59. The summed E-state index contributed by atoms with van der Waals surface area (Å²) in [6.07, 6.45) is 3.13. The summed E-state index contributed by atoms with van der Waals surface area (Å²) < 4.78 is 0. The maximum absolute atomic E-state index is 12.6. The molecule has 1 atom stereocenters. The lowest BCUT2D eigenvalue weighted by Crippen LogP contribution is -2.64. The van der Waals surface area contributed by atoms with Gasteiger partial charge in [0.1, 0.15) is 6.04 Å². The number of carbonyl (C=O) groups excluding carboxylic acids is 2. The minimum absolute atomic E-state index is 0.146. The molecule has 1 aromatic carbocycles. The van der Waals surface area contributed by atoms with E-state index in [4.69, 9.17) is 0 Å². The maximum atomic E-state index is 12.6. The van der Waals surface area contributed by atoms with E-state index in [1.807, 2.05) is 45.0 Å². The molecule has 7 heteroatoms. The van der Waals surface area contributed by atoms with E-state index < -0.39 is 6.04 Å². The van der Waals surface area contributed by atoms with Crippen LogP contribution in [0.1, 0.15) is 35.3 Å². The van der Waals surface area contributed by atoms with Gasteiger partial charge in [-0.1, -0.05) is 43.7 Å². The van der Waals surface area contributed by atoms with Gasteiger partial charge in [-0.05, 0) is 18.6 Å². The Labute approximate surface area is 170 Å². The highest BCUT2D eigenvalue weighted by atomic mass is 16.2. The van der Waals surface area contributed by atoms with Crippen molar-refractivity contribution >= 4 is 17.5 Å². The molecule has 1 unspecified atom stereocenters. The van der Waals surface area contributed by atoms with Gasteiger partial charge in [-0.3, -0.25) is 14.6 Å². The zero-order chi connectivity index (χ0) is 21.0. The quantitative estimate of drug-likeness (QED) is 0.788. The summed E-state index contributed by atoms with van der Waals surface area (Å²) in [7, 11) is 0. The number of nitriles is 1. The van der Waals surface area contributed by atoms with Crippen LogP contribution in [-0.4, -0.2) is 40.8 Å². The van der Waals surface area contributed by atoms with Crippen molar-refractivity contribution in [2.75, 3.05) is 18.4 Å². The van der Waals surface area contributed by atoms with Crippen molar-refractivity contribution in [3.8, 4) is 6.07 Å². The molecule has 0 bridgehead atoms. The van der Waals surface area contributed by atoms with Gasteiger partial charge in [0.25, 0.3) is 5.91 Å². The normalized spacial score (nSPS) is 17.0. The number of aromatic nitrogens is 1. The number of hydrogen-bond acceptors (Lipinski definition) is 5. The van der Waals surface area contributed by atoms with Crippen molar-refractivity contribution in [2.24, 2.45) is 5.41 Å². The van der Waals surface area contributed by atoms with E-state index in [1.165, 1.54) is 16.7 Å². The molecule has 2 heterocycles. The fourth-order valence-corrected chi connectivity index (χ4v) is 3.39. The number of pyridine rings is 1. The molecule has 1 aliphatic rings. The first kappa shape index (κ1) is 20.3. The highest BCUT2D eigenvalue weighted by Gasteiger charge is 2.48. The lowest BCUT2D eigenvalue weighted by molar-refractivity contribution is -0.145. The molecule has 2 amide bonds. The molecular weight excluding hydrogens is 366 g/mol. The highest BCUT2D eigenvalue weighted by molar-refractivity contribution is 6.01. The number of aryl methyl sites for hydroxylation is 1. The van der Waals surface area contributed by atoms with Gasteiger partial charge in [-0.15, -0.1) is 0 Å². The van der Waals surface area contributed by atoms with Crippen LogP contribution in [0, 0.1) is 23.7 Å². The Morgan fingerprint density at radius 1 is 1.28 bits per heavy atom. The minimum atomic E-state index is -0.459. The van der Waals surface area contributed by atoms with Crippen LogP contribution in [0.2, 0.25) is 0 Å². The van der Waals surface area contributed by atoms with Gasteiger partial charge in [-0.2, -0.15) is 5.26 Å². The highest BCUT2D eigenvalue weighted by Crippen LogP contribution is 2.36. The van der Waals surface area contributed by atoms with E-state index in [2.05, 4.69) is 21.7 Å². The smallest absolute Gasteiger partial charge is 0.253 e. The third-order valence-electron chi connectivity index (χ3n) is 5.14. The van der Waals surface area contributed by atoms with Crippen LogP contribution in [-0.2, 0) is 11.3 Å². The van der Waals surface area contributed by atoms with Gasteiger partial charge < -0.3 is 15.5 Å². The van der Waals surface area contributed by atoms with Gasteiger partial charge in [0, 0.05) is 24.7 Å². The van der Waals surface area contributed by atoms with Gasteiger partial charge >= 0.3 is 0 Å². The fraction of sp³-hybridized carbons (Fsp3) is 0.364. The van der Waals surface area contributed by atoms with Gasteiger partial charge in [-0.25, -0.2) is 0 Å². The number of nitrogens with one attached hydrogen (secondary N) is 2. The second kappa shape index (κ2) is 8.31. The van der Waals surface area contributed by atoms with E-state index in [0.717, 1.165) is 5.56 Å². The first-order valence-electron chi connectivity index (χ1n) is 9.52. The second-order valence-electron chi connectivity index (χ2n) is 7.98. The summed E-state index contributed by atoms with van der Waals surface area (Å²) in [6.45, 7) is 6.85. The van der Waals surface area contributed by atoms with E-state index in [1.54, 1.807) is 12.3 Å². The molecule has 7 nitrogen and oxygen atoms in total. The molecule has 0 saturated carbocycles. The van der Waals surface area contributed by atoms with Crippen molar-refractivity contribution in [1.82, 2.24) is 15.2 Å². The Kier molecular flexibility index (Phi) is 5.83. The van der Waals surface area contributed by atoms with Crippen LogP contribution in [0.4, 0.5) is 5.69 Å². The Morgan fingerprint density at radius 3 is 2.66 bits per heavy atom. The first-order valence-corrected chi connectivity index (χ1v) is 9.52. The number of anilines is 1. The molecule has 0 spiro atoms. The van der Waals surface area contributed by atoms with Gasteiger partial charge in [0.05, 0.1) is 30.1 Å². The zero-order valence-electron chi connectivity index (χ0n) is 16.9. The number of hydrogen-bond donors (Lipinski definition) is 2. The third-order valence-corrected chi connectivity index (χ3v) is 5.14. The molecule has 1 fully saturated rings. The molecule has 29 heavy (non-hydrogen) atoms. The number of likely N-dealkylation sites (tertiary alicyclic amines) is 1. The monoisotopic (exact) mass is 391 g/mol. The fourth-order valence-electron chi connectivity index (χ4n) is 3.39. The minimum Gasteiger partial charge on any atom is -0.379 e. The molecule has 3 rings (SSSR count). The van der Waals surface area contributed by atoms with Crippen molar-refractivity contribution in [2.45, 2.75) is 33.4 Å². The van der Waals surface area contributed by atoms with Gasteiger partial charge in [0.2, 0.25) is 5.91 Å². The summed E-state index contributed by atoms with van der Waals surface area (Å²) in [5, 5.41) is 15.1. The Morgan fingerprint density at radius 2 is 2.00 bits per heavy atom. The first-order chi connectivity index (χ1) is 13.8. The topological polar surface area (TPSA) is 98.1 Å². The number of rotatable bonds is 6. The molecule has 1 aliphatic heterocycles. The standard InChI is InChI=1S/C22H25N5O2/c1-15-4-6-16(7-5-15)11-25-18-12-24-9-8-17(18)21(29)26-13-20(28)27-14-22(2,3)19(27)10-23/h4-9,12,19,25H,11,13-14H2,1-3H3,(H,26,29).